The van der Waals surface area contributed by atoms with E-state index in [1.807, 2.05) is 0 Å². The molecule has 12 heteroatoms. The van der Waals surface area contributed by atoms with Gasteiger partial charge >= 0.3 is 24.7 Å². The van der Waals surface area contributed by atoms with Crippen molar-refractivity contribution >= 4 is 0 Å². The lowest BCUT2D eigenvalue weighted by atomic mass is 9.94. The van der Waals surface area contributed by atoms with Crippen molar-refractivity contribution in [2.75, 3.05) is 0 Å². The minimum Gasteiger partial charge on any atom is -0.166 e. The molecule has 0 aliphatic heterocycles. The summed E-state index contributed by atoms with van der Waals surface area (Å²) in [5.41, 5.74) is -7.71. The molecule has 0 bridgehead atoms. The van der Waals surface area contributed by atoms with Crippen LogP contribution in [0.25, 0.3) is 22.3 Å². The molecular weight excluding hydrogens is 660 g/mol. The molecule has 4 aromatic rings. The molecule has 4 aromatic carbocycles. The fourth-order valence-electron chi connectivity index (χ4n) is 4.38. The molecule has 0 amide bonds. The zero-order valence-electron chi connectivity index (χ0n) is 23.6. The maximum atomic E-state index is 13.5. The fourth-order valence-corrected chi connectivity index (χ4v) is 4.38. The van der Waals surface area contributed by atoms with E-state index in [1.54, 1.807) is 0 Å². The second-order valence-corrected chi connectivity index (χ2v) is 9.90. The molecule has 0 spiro atoms. The summed E-state index contributed by atoms with van der Waals surface area (Å²) in [7, 11) is 0. The van der Waals surface area contributed by atoms with Crippen LogP contribution < -0.4 is 0 Å². The van der Waals surface area contributed by atoms with Gasteiger partial charge in [0.15, 0.2) is 0 Å². The summed E-state index contributed by atoms with van der Waals surface area (Å²) in [6.07, 6.45) is -9.79. The van der Waals surface area contributed by atoms with Crippen LogP contribution in [0.3, 0.4) is 0 Å². The van der Waals surface area contributed by atoms with E-state index in [9.17, 15) is 52.7 Å². The average molecular weight is 674 g/mol. The van der Waals surface area contributed by atoms with Crippen LogP contribution in [-0.4, -0.2) is 0 Å². The molecule has 48 heavy (non-hydrogen) atoms. The molecule has 0 unspecified atom stereocenters. The summed E-state index contributed by atoms with van der Waals surface area (Å²) in [6.45, 7) is 0. The first kappa shape index (κ1) is 35.1. The van der Waals surface area contributed by atoms with Gasteiger partial charge in [-0.1, -0.05) is 23.7 Å². The highest BCUT2D eigenvalue weighted by molar-refractivity contribution is 5.76. The highest BCUT2D eigenvalue weighted by Gasteiger charge is 2.38. The third-order valence-electron chi connectivity index (χ3n) is 6.63. The first-order valence-electron chi connectivity index (χ1n) is 13.0. The zero-order chi connectivity index (χ0) is 35.7. The summed E-state index contributed by atoms with van der Waals surface area (Å²) in [5.74, 6) is 14.2. The minimum atomic E-state index is -5.13. The standard InChI is InChI=1S/C36H14F12/c1-3-21-9-11-23(31(13-21)25-15-27(33(37,38)39)19-28(16-25)34(40,41)42)7-5-6-8-24-12-10-22(4-2)14-32(24)26-17-29(35(43,44)45)20-30(18-26)36(46,47)48/h1-2,9-20H. The zero-order valence-corrected chi connectivity index (χ0v) is 23.6. The Morgan fingerprint density at radius 1 is 0.396 bits per heavy atom. The average Bonchev–Trinajstić information content (AvgIpc) is 3.01. The first-order valence-corrected chi connectivity index (χ1v) is 13.0. The Kier molecular flexibility index (Phi) is 9.39. The fraction of sp³-hybridized carbons (Fsp3) is 0.111. The van der Waals surface area contributed by atoms with Crippen LogP contribution in [0.4, 0.5) is 52.7 Å². The Bertz CT molecular complexity index is 1890. The van der Waals surface area contributed by atoms with Crippen molar-refractivity contribution in [3.63, 3.8) is 0 Å². The molecule has 0 aliphatic carbocycles. The summed E-state index contributed by atoms with van der Waals surface area (Å²) in [6, 6.07) is 9.29. The second kappa shape index (κ2) is 12.8. The van der Waals surface area contributed by atoms with Crippen LogP contribution in [0, 0.1) is 48.4 Å². The van der Waals surface area contributed by atoms with Gasteiger partial charge in [0, 0.05) is 22.3 Å². The van der Waals surface area contributed by atoms with Crippen molar-refractivity contribution in [2.24, 2.45) is 0 Å². The predicted molar refractivity (Wildman–Crippen MR) is 153 cm³/mol. The Morgan fingerprint density at radius 2 is 0.688 bits per heavy atom. The first-order chi connectivity index (χ1) is 22.2. The van der Waals surface area contributed by atoms with Crippen molar-refractivity contribution in [3.8, 4) is 70.6 Å². The van der Waals surface area contributed by atoms with Gasteiger partial charge in [0.05, 0.1) is 22.3 Å². The molecular formula is C36H14F12. The Morgan fingerprint density at radius 3 is 0.938 bits per heavy atom. The number of benzene rings is 4. The minimum absolute atomic E-state index is 0.0452. The quantitative estimate of drug-likeness (QED) is 0.147. The molecule has 0 atom stereocenters. The van der Waals surface area contributed by atoms with Crippen molar-refractivity contribution in [1.82, 2.24) is 0 Å². The van der Waals surface area contributed by atoms with E-state index in [2.05, 4.69) is 35.5 Å². The Hall–Kier alpha value is -5.72. The summed E-state index contributed by atoms with van der Waals surface area (Å²) < 4.78 is 162. The van der Waals surface area contributed by atoms with Crippen molar-refractivity contribution in [3.05, 3.63) is 117 Å². The highest BCUT2D eigenvalue weighted by atomic mass is 19.4. The molecule has 0 saturated heterocycles. The number of alkyl halides is 12. The van der Waals surface area contributed by atoms with Crippen LogP contribution in [0.15, 0.2) is 72.8 Å². The number of terminal acetylenes is 2. The largest absolute Gasteiger partial charge is 0.416 e. The highest BCUT2D eigenvalue weighted by Crippen LogP contribution is 2.41. The Balaban J connectivity index is 1.87. The molecule has 0 nitrogen and oxygen atoms in total. The maximum Gasteiger partial charge on any atom is 0.416 e. The van der Waals surface area contributed by atoms with E-state index in [0.717, 1.165) is 12.1 Å². The van der Waals surface area contributed by atoms with Gasteiger partial charge in [-0.3, -0.25) is 0 Å². The number of halogens is 12. The van der Waals surface area contributed by atoms with Gasteiger partial charge in [-0.25, -0.2) is 0 Å². The van der Waals surface area contributed by atoms with Gasteiger partial charge in [-0.05, 0) is 107 Å². The molecule has 0 heterocycles. The monoisotopic (exact) mass is 674 g/mol. The Labute approximate surface area is 265 Å². The van der Waals surface area contributed by atoms with Gasteiger partial charge < -0.3 is 0 Å². The number of hydrogen-bond acceptors (Lipinski definition) is 0. The molecule has 0 radical (unpaired) electrons. The molecule has 0 fully saturated rings. The van der Waals surface area contributed by atoms with E-state index >= 15 is 0 Å². The molecule has 4 rings (SSSR count). The van der Waals surface area contributed by atoms with Crippen LogP contribution in [0.2, 0.25) is 0 Å². The molecule has 0 N–H and O–H groups in total. The van der Waals surface area contributed by atoms with E-state index in [4.69, 9.17) is 12.8 Å². The smallest absolute Gasteiger partial charge is 0.166 e. The van der Waals surface area contributed by atoms with Crippen LogP contribution in [0.1, 0.15) is 44.5 Å². The summed E-state index contributed by atoms with van der Waals surface area (Å²) >= 11 is 0. The van der Waals surface area contributed by atoms with E-state index in [1.165, 1.54) is 24.3 Å². The second-order valence-electron chi connectivity index (χ2n) is 9.90. The van der Waals surface area contributed by atoms with Gasteiger partial charge in [0.1, 0.15) is 0 Å². The SMILES string of the molecule is C#Cc1ccc(C#CC#Cc2ccc(C#C)cc2-c2cc(C(F)(F)F)cc(C(F)(F)F)c2)c(-c2cc(C(F)(F)F)cc(C(F)(F)F)c2)c1. The van der Waals surface area contributed by atoms with E-state index < -0.39 is 58.1 Å². The normalized spacial score (nSPS) is 11.8. The van der Waals surface area contributed by atoms with Crippen molar-refractivity contribution in [1.29, 1.82) is 0 Å². The van der Waals surface area contributed by atoms with Gasteiger partial charge in [0.25, 0.3) is 0 Å². The van der Waals surface area contributed by atoms with Crippen LogP contribution >= 0.6 is 0 Å². The summed E-state index contributed by atoms with van der Waals surface area (Å²) in [5, 5.41) is 0. The molecule has 242 valence electrons. The van der Waals surface area contributed by atoms with E-state index in [0.29, 0.717) is 24.3 Å². The third-order valence-corrected chi connectivity index (χ3v) is 6.63. The topological polar surface area (TPSA) is 0 Å². The van der Waals surface area contributed by atoms with Crippen LogP contribution in [-0.2, 0) is 24.7 Å². The molecule has 0 saturated carbocycles. The molecule has 0 aliphatic rings. The van der Waals surface area contributed by atoms with Crippen molar-refractivity contribution < 1.29 is 52.7 Å². The number of hydrogen-bond donors (Lipinski definition) is 0. The molecule has 0 aromatic heterocycles. The van der Waals surface area contributed by atoms with E-state index in [-0.39, 0.29) is 45.5 Å². The van der Waals surface area contributed by atoms with Crippen molar-refractivity contribution in [2.45, 2.75) is 24.7 Å². The lowest BCUT2D eigenvalue weighted by Crippen LogP contribution is -2.11. The maximum absolute atomic E-state index is 13.5. The van der Waals surface area contributed by atoms with Gasteiger partial charge in [-0.2, -0.15) is 52.7 Å². The van der Waals surface area contributed by atoms with Crippen LogP contribution in [0.5, 0.6) is 0 Å². The van der Waals surface area contributed by atoms with Gasteiger partial charge in [0.2, 0.25) is 0 Å². The predicted octanol–water partition coefficient (Wildman–Crippen LogP) is 10.5. The van der Waals surface area contributed by atoms with Gasteiger partial charge in [-0.15, -0.1) is 12.8 Å². The lowest BCUT2D eigenvalue weighted by molar-refractivity contribution is -0.144. The lowest BCUT2D eigenvalue weighted by Gasteiger charge is -2.15. The third kappa shape index (κ3) is 8.16. The number of rotatable bonds is 2. The summed E-state index contributed by atoms with van der Waals surface area (Å²) in [4.78, 5) is 0.